The molecule has 0 aromatic carbocycles. The van der Waals surface area contributed by atoms with Crippen LogP contribution in [-0.4, -0.2) is 60.8 Å². The predicted octanol–water partition coefficient (Wildman–Crippen LogP) is -0.702. The normalized spacial score (nSPS) is 30.0. The highest BCUT2D eigenvalue weighted by atomic mass is 16.5. The lowest BCUT2D eigenvalue weighted by Crippen LogP contribution is -2.52. The number of nitrogens with one attached hydrogen (secondary N) is 1. The van der Waals surface area contributed by atoms with Crippen molar-refractivity contribution < 1.29 is 19.4 Å². The average Bonchev–Trinajstić information content (AvgIpc) is 2.39. The Morgan fingerprint density at radius 3 is 2.88 bits per heavy atom. The molecule has 0 bridgehead atoms. The summed E-state index contributed by atoms with van der Waals surface area (Å²) in [5, 5.41) is 12.1. The molecule has 2 aliphatic heterocycles. The highest BCUT2D eigenvalue weighted by Gasteiger charge is 2.32. The first kappa shape index (κ1) is 12.3. The van der Waals surface area contributed by atoms with Crippen molar-refractivity contribution in [3.8, 4) is 0 Å². The highest BCUT2D eigenvalue weighted by molar-refractivity contribution is 5.82. The number of amides is 1. The summed E-state index contributed by atoms with van der Waals surface area (Å²) in [7, 11) is 0. The molecule has 0 spiro atoms. The third kappa shape index (κ3) is 2.95. The molecule has 2 fully saturated rings. The van der Waals surface area contributed by atoms with E-state index in [-0.39, 0.29) is 5.91 Å². The van der Waals surface area contributed by atoms with E-state index in [1.54, 1.807) is 4.90 Å². The lowest BCUT2D eigenvalue weighted by atomic mass is 9.98. The van der Waals surface area contributed by atoms with Gasteiger partial charge in [0.25, 0.3) is 5.91 Å². The predicted molar refractivity (Wildman–Crippen MR) is 59.5 cm³/mol. The molecule has 2 saturated heterocycles. The van der Waals surface area contributed by atoms with Gasteiger partial charge in [0.15, 0.2) is 0 Å². The second-order valence-electron chi connectivity index (χ2n) is 4.53. The van der Waals surface area contributed by atoms with Crippen molar-refractivity contribution in [3.63, 3.8) is 0 Å². The van der Waals surface area contributed by atoms with Gasteiger partial charge < -0.3 is 20.1 Å². The van der Waals surface area contributed by atoms with Crippen LogP contribution < -0.4 is 5.32 Å². The molecular formula is C11H18N2O4. The van der Waals surface area contributed by atoms with Crippen LogP contribution in [0.1, 0.15) is 12.8 Å². The van der Waals surface area contributed by atoms with E-state index < -0.39 is 18.0 Å². The Bertz CT molecular complexity index is 302. The van der Waals surface area contributed by atoms with E-state index in [0.717, 1.165) is 13.0 Å². The molecule has 6 heteroatoms. The number of likely N-dealkylation sites (tertiary alicyclic amines) is 1. The Hall–Kier alpha value is -1.14. The van der Waals surface area contributed by atoms with Gasteiger partial charge in [-0.3, -0.25) is 9.59 Å². The number of morpholine rings is 1. The molecule has 0 aromatic rings. The summed E-state index contributed by atoms with van der Waals surface area (Å²) < 4.78 is 5.39. The summed E-state index contributed by atoms with van der Waals surface area (Å²) in [5.74, 6) is -1.32. The van der Waals surface area contributed by atoms with Crippen LogP contribution in [0.4, 0.5) is 0 Å². The molecule has 0 saturated carbocycles. The summed E-state index contributed by atoms with van der Waals surface area (Å²) in [6, 6.07) is 0. The maximum atomic E-state index is 12.1. The molecular weight excluding hydrogens is 224 g/mol. The van der Waals surface area contributed by atoms with Crippen molar-refractivity contribution in [2.24, 2.45) is 5.92 Å². The quantitative estimate of drug-likeness (QED) is 0.669. The molecule has 2 heterocycles. The first-order valence-corrected chi connectivity index (χ1v) is 6.02. The van der Waals surface area contributed by atoms with E-state index in [1.165, 1.54) is 0 Å². The maximum absolute atomic E-state index is 12.1. The smallest absolute Gasteiger partial charge is 0.308 e. The fraction of sp³-hybridized carbons (Fsp3) is 0.818. The van der Waals surface area contributed by atoms with Gasteiger partial charge >= 0.3 is 5.97 Å². The third-order valence-electron chi connectivity index (χ3n) is 3.29. The molecule has 0 radical (unpaired) electrons. The van der Waals surface area contributed by atoms with Crippen molar-refractivity contribution in [2.75, 3.05) is 32.8 Å². The number of rotatable bonds is 2. The standard InChI is InChI=1S/C11H18N2O4/c14-10(9-6-12-3-5-17-9)13-4-1-2-8(7-13)11(15)16/h8-9,12H,1-7H2,(H,15,16)/t8-,9?/m1/s1. The molecule has 96 valence electrons. The monoisotopic (exact) mass is 242 g/mol. The lowest BCUT2D eigenvalue weighted by Gasteiger charge is -2.34. The zero-order valence-electron chi connectivity index (χ0n) is 9.72. The van der Waals surface area contributed by atoms with Crippen molar-refractivity contribution in [2.45, 2.75) is 18.9 Å². The lowest BCUT2D eigenvalue weighted by molar-refractivity contribution is -0.151. The summed E-state index contributed by atoms with van der Waals surface area (Å²) in [5.41, 5.74) is 0. The summed E-state index contributed by atoms with van der Waals surface area (Å²) in [6.45, 7) is 2.78. The number of carbonyl (C=O) groups excluding carboxylic acids is 1. The van der Waals surface area contributed by atoms with Gasteiger partial charge in [0.1, 0.15) is 6.10 Å². The van der Waals surface area contributed by atoms with Crippen LogP contribution in [0.25, 0.3) is 0 Å². The van der Waals surface area contributed by atoms with Crippen LogP contribution in [0.2, 0.25) is 0 Å². The molecule has 17 heavy (non-hydrogen) atoms. The number of carboxylic acid groups (broad SMARTS) is 1. The van der Waals surface area contributed by atoms with Gasteiger partial charge in [-0.15, -0.1) is 0 Å². The van der Waals surface area contributed by atoms with E-state index in [2.05, 4.69) is 5.32 Å². The number of ether oxygens (including phenoxy) is 1. The first-order valence-electron chi connectivity index (χ1n) is 6.02. The van der Waals surface area contributed by atoms with Gasteiger partial charge in [-0.1, -0.05) is 0 Å². The molecule has 0 aliphatic carbocycles. The fourth-order valence-electron chi connectivity index (χ4n) is 2.31. The van der Waals surface area contributed by atoms with Crippen molar-refractivity contribution >= 4 is 11.9 Å². The number of hydrogen-bond donors (Lipinski definition) is 2. The van der Waals surface area contributed by atoms with E-state index >= 15 is 0 Å². The topological polar surface area (TPSA) is 78.9 Å². The van der Waals surface area contributed by atoms with Crippen LogP contribution in [-0.2, 0) is 14.3 Å². The van der Waals surface area contributed by atoms with Crippen molar-refractivity contribution in [1.29, 1.82) is 0 Å². The average molecular weight is 242 g/mol. The van der Waals surface area contributed by atoms with E-state index in [4.69, 9.17) is 9.84 Å². The molecule has 6 nitrogen and oxygen atoms in total. The molecule has 2 rings (SSSR count). The summed E-state index contributed by atoms with van der Waals surface area (Å²) in [4.78, 5) is 24.6. The van der Waals surface area contributed by atoms with Gasteiger partial charge in [-0.2, -0.15) is 0 Å². The number of aliphatic carboxylic acids is 1. The largest absolute Gasteiger partial charge is 0.481 e. The van der Waals surface area contributed by atoms with Gasteiger partial charge in [0, 0.05) is 26.2 Å². The number of carboxylic acids is 1. The zero-order chi connectivity index (χ0) is 12.3. The Morgan fingerprint density at radius 1 is 1.41 bits per heavy atom. The first-order chi connectivity index (χ1) is 8.18. The van der Waals surface area contributed by atoms with E-state index in [1.807, 2.05) is 0 Å². The van der Waals surface area contributed by atoms with Crippen LogP contribution in [0.15, 0.2) is 0 Å². The molecule has 1 amide bonds. The van der Waals surface area contributed by atoms with Crippen LogP contribution in [0.5, 0.6) is 0 Å². The SMILES string of the molecule is O=C(O)[C@@H]1CCCN(C(=O)C2CNCCO2)C1. The van der Waals surface area contributed by atoms with Crippen LogP contribution in [0.3, 0.4) is 0 Å². The third-order valence-corrected chi connectivity index (χ3v) is 3.29. The maximum Gasteiger partial charge on any atom is 0.308 e. The van der Waals surface area contributed by atoms with E-state index in [0.29, 0.717) is 32.7 Å². The van der Waals surface area contributed by atoms with Crippen molar-refractivity contribution in [1.82, 2.24) is 10.2 Å². The molecule has 2 aliphatic rings. The second kappa shape index (κ2) is 5.46. The number of piperidine rings is 1. The molecule has 2 atom stereocenters. The minimum absolute atomic E-state index is 0.0804. The van der Waals surface area contributed by atoms with Crippen LogP contribution >= 0.6 is 0 Å². The Balaban J connectivity index is 1.91. The van der Waals surface area contributed by atoms with Gasteiger partial charge in [0.05, 0.1) is 12.5 Å². The highest BCUT2D eigenvalue weighted by Crippen LogP contribution is 2.18. The minimum Gasteiger partial charge on any atom is -0.481 e. The molecule has 0 aromatic heterocycles. The number of nitrogens with zero attached hydrogens (tertiary/aromatic N) is 1. The number of carbonyl (C=O) groups is 2. The zero-order valence-corrected chi connectivity index (χ0v) is 9.72. The van der Waals surface area contributed by atoms with Crippen LogP contribution in [0, 0.1) is 5.92 Å². The summed E-state index contributed by atoms with van der Waals surface area (Å²) >= 11 is 0. The Kier molecular flexibility index (Phi) is 3.96. The Labute approximate surface area is 99.9 Å². The van der Waals surface area contributed by atoms with E-state index in [9.17, 15) is 9.59 Å². The van der Waals surface area contributed by atoms with Gasteiger partial charge in [0.2, 0.25) is 0 Å². The minimum atomic E-state index is -0.815. The second-order valence-corrected chi connectivity index (χ2v) is 4.53. The fourth-order valence-corrected chi connectivity index (χ4v) is 2.31. The van der Waals surface area contributed by atoms with Gasteiger partial charge in [-0.05, 0) is 12.8 Å². The van der Waals surface area contributed by atoms with Gasteiger partial charge in [-0.25, -0.2) is 0 Å². The van der Waals surface area contributed by atoms with Crippen molar-refractivity contribution in [3.05, 3.63) is 0 Å². The molecule has 1 unspecified atom stereocenters. The summed E-state index contributed by atoms with van der Waals surface area (Å²) in [6.07, 6.45) is 0.961. The number of hydrogen-bond acceptors (Lipinski definition) is 4. The Morgan fingerprint density at radius 2 is 2.24 bits per heavy atom. The molecule has 2 N–H and O–H groups in total.